The number of nitrogens with one attached hydrogen (secondary N) is 1. The Morgan fingerprint density at radius 1 is 1.00 bits per heavy atom. The van der Waals surface area contributed by atoms with Gasteiger partial charge in [0.1, 0.15) is 5.75 Å². The molecule has 0 saturated heterocycles. The van der Waals surface area contributed by atoms with Gasteiger partial charge in [0.15, 0.2) is 5.78 Å². The summed E-state index contributed by atoms with van der Waals surface area (Å²) in [5, 5.41) is 6.13. The first-order valence-electron chi connectivity index (χ1n) is 11.2. The Bertz CT molecular complexity index is 1190. The van der Waals surface area contributed by atoms with Gasteiger partial charge in [-0.1, -0.05) is 63.2 Å². The van der Waals surface area contributed by atoms with Crippen molar-refractivity contribution in [2.45, 2.75) is 46.1 Å². The molecule has 3 aromatic carbocycles. The van der Waals surface area contributed by atoms with Gasteiger partial charge < -0.3 is 10.1 Å². The van der Waals surface area contributed by atoms with Gasteiger partial charge in [0.05, 0.1) is 12.6 Å². The number of ketones is 1. The Balaban J connectivity index is 1.66. The number of hydrogen-bond acceptors (Lipinski definition) is 3. The van der Waals surface area contributed by atoms with Crippen molar-refractivity contribution in [1.82, 2.24) is 0 Å². The molecule has 158 valence electrons. The molecule has 5 rings (SSSR count). The predicted octanol–water partition coefficient (Wildman–Crippen LogP) is 6.94. The Morgan fingerprint density at radius 2 is 1.77 bits per heavy atom. The van der Waals surface area contributed by atoms with Gasteiger partial charge in [-0.3, -0.25) is 4.79 Å². The van der Waals surface area contributed by atoms with Crippen LogP contribution in [-0.2, 0) is 4.79 Å². The summed E-state index contributed by atoms with van der Waals surface area (Å²) in [7, 11) is 0. The van der Waals surface area contributed by atoms with Gasteiger partial charge in [-0.15, -0.1) is 0 Å². The van der Waals surface area contributed by atoms with E-state index in [1.165, 1.54) is 21.9 Å². The number of carbonyl (C=O) groups excluding carboxylic acids is 1. The summed E-state index contributed by atoms with van der Waals surface area (Å²) >= 11 is 0. The molecule has 3 heteroatoms. The molecule has 1 unspecified atom stereocenters. The maximum atomic E-state index is 13.5. The average molecular weight is 412 g/mol. The second-order valence-electron chi connectivity index (χ2n) is 9.54. The second kappa shape index (κ2) is 7.56. The monoisotopic (exact) mass is 411 g/mol. The zero-order chi connectivity index (χ0) is 21.6. The number of hydrogen-bond donors (Lipinski definition) is 1. The van der Waals surface area contributed by atoms with Crippen molar-refractivity contribution in [2.24, 2.45) is 5.41 Å². The molecule has 31 heavy (non-hydrogen) atoms. The van der Waals surface area contributed by atoms with Crippen LogP contribution in [0.1, 0.15) is 57.2 Å². The summed E-state index contributed by atoms with van der Waals surface area (Å²) < 4.78 is 5.76. The number of rotatable bonds is 4. The first kappa shape index (κ1) is 19.9. The molecule has 1 heterocycles. The molecule has 0 radical (unpaired) electrons. The van der Waals surface area contributed by atoms with Crippen LogP contribution in [0.2, 0.25) is 0 Å². The first-order chi connectivity index (χ1) is 15.0. The van der Waals surface area contributed by atoms with E-state index in [-0.39, 0.29) is 17.2 Å². The molecule has 3 aromatic rings. The number of ether oxygens (including phenoxy) is 1. The maximum Gasteiger partial charge on any atom is 0.162 e. The third kappa shape index (κ3) is 3.52. The second-order valence-corrected chi connectivity index (χ2v) is 9.54. The summed E-state index contributed by atoms with van der Waals surface area (Å²) in [5.74, 6) is 1.13. The van der Waals surface area contributed by atoms with Crippen molar-refractivity contribution in [3.8, 4) is 5.75 Å². The van der Waals surface area contributed by atoms with Crippen LogP contribution in [0.5, 0.6) is 5.75 Å². The summed E-state index contributed by atoms with van der Waals surface area (Å²) in [6.07, 6.45) is 2.48. The van der Waals surface area contributed by atoms with E-state index in [0.717, 1.165) is 35.4 Å². The molecule has 0 saturated carbocycles. The highest BCUT2D eigenvalue weighted by atomic mass is 16.5. The highest BCUT2D eigenvalue weighted by Gasteiger charge is 2.40. The minimum absolute atomic E-state index is 0.0378. The Hall–Kier alpha value is -3.07. The number of allylic oxidation sites excluding steroid dienone is 1. The lowest BCUT2D eigenvalue weighted by atomic mass is 9.68. The molecule has 1 atom stereocenters. The molecule has 3 nitrogen and oxygen atoms in total. The Kier molecular flexibility index (Phi) is 4.85. The molecule has 0 fully saturated rings. The number of carbonyl (C=O) groups is 1. The molecular weight excluding hydrogens is 382 g/mol. The topological polar surface area (TPSA) is 38.3 Å². The number of fused-ring (bicyclic) bond motifs is 4. The minimum Gasteiger partial charge on any atom is -0.494 e. The zero-order valence-corrected chi connectivity index (χ0v) is 18.5. The van der Waals surface area contributed by atoms with Gasteiger partial charge in [0, 0.05) is 23.2 Å². The van der Waals surface area contributed by atoms with Crippen molar-refractivity contribution in [3.63, 3.8) is 0 Å². The summed E-state index contributed by atoms with van der Waals surface area (Å²) in [6, 6.07) is 20.9. The number of anilines is 1. The SMILES string of the molecule is CCCOc1ccc(C2Nc3ccc4ccccc4c3C3=C2C(=O)CC(C)(C)C3)cc1. The predicted molar refractivity (Wildman–Crippen MR) is 127 cm³/mol. The molecule has 0 spiro atoms. The molecule has 0 aromatic heterocycles. The van der Waals surface area contributed by atoms with E-state index in [1.807, 2.05) is 12.1 Å². The lowest BCUT2D eigenvalue weighted by molar-refractivity contribution is -0.118. The standard InChI is InChI=1S/C28H29NO2/c1-4-15-31-20-12-9-19(10-13-20)27-26-22(16-28(2,3)17-24(26)30)25-21-8-6-5-7-18(21)11-14-23(25)29-27/h5-14,27,29H,4,15-17H2,1-3H3. The van der Waals surface area contributed by atoms with E-state index >= 15 is 0 Å². The first-order valence-corrected chi connectivity index (χ1v) is 11.2. The van der Waals surface area contributed by atoms with Gasteiger partial charge in [-0.25, -0.2) is 0 Å². The molecular formula is C28H29NO2. The van der Waals surface area contributed by atoms with Crippen LogP contribution in [0, 0.1) is 5.41 Å². The van der Waals surface area contributed by atoms with Crippen molar-refractivity contribution in [2.75, 3.05) is 11.9 Å². The summed E-state index contributed by atoms with van der Waals surface area (Å²) in [5.41, 5.74) is 5.52. The highest BCUT2D eigenvalue weighted by molar-refractivity contribution is 6.12. The van der Waals surface area contributed by atoms with Crippen molar-refractivity contribution in [3.05, 3.63) is 77.4 Å². The lowest BCUT2D eigenvalue weighted by Crippen LogP contribution is -2.33. The van der Waals surface area contributed by atoms with E-state index in [4.69, 9.17) is 4.74 Å². The fourth-order valence-corrected chi connectivity index (χ4v) is 5.06. The number of benzene rings is 3. The Morgan fingerprint density at radius 3 is 2.55 bits per heavy atom. The summed E-state index contributed by atoms with van der Waals surface area (Å²) in [4.78, 5) is 13.5. The van der Waals surface area contributed by atoms with Crippen LogP contribution >= 0.6 is 0 Å². The highest BCUT2D eigenvalue weighted by Crippen LogP contribution is 2.52. The van der Waals surface area contributed by atoms with Gasteiger partial charge in [0.25, 0.3) is 0 Å². The van der Waals surface area contributed by atoms with Gasteiger partial charge in [-0.05, 0) is 58.4 Å². The summed E-state index contributed by atoms with van der Waals surface area (Å²) in [6.45, 7) is 7.22. The lowest BCUT2D eigenvalue weighted by Gasteiger charge is -2.40. The normalized spacial score (nSPS) is 19.6. The third-order valence-corrected chi connectivity index (χ3v) is 6.43. The number of Topliss-reactive ketones (excluding diaryl/α,β-unsaturated/α-hetero) is 1. The van der Waals surface area contributed by atoms with Crippen molar-refractivity contribution in [1.29, 1.82) is 0 Å². The molecule has 2 aliphatic rings. The zero-order valence-electron chi connectivity index (χ0n) is 18.5. The van der Waals surface area contributed by atoms with Gasteiger partial charge in [0.2, 0.25) is 0 Å². The van der Waals surface area contributed by atoms with Crippen LogP contribution in [0.15, 0.2) is 66.2 Å². The van der Waals surface area contributed by atoms with Crippen molar-refractivity contribution < 1.29 is 9.53 Å². The average Bonchev–Trinajstić information content (AvgIpc) is 2.76. The van der Waals surface area contributed by atoms with Gasteiger partial charge >= 0.3 is 0 Å². The van der Waals surface area contributed by atoms with Gasteiger partial charge in [-0.2, -0.15) is 0 Å². The Labute approximate surface area is 184 Å². The van der Waals surface area contributed by atoms with E-state index in [1.54, 1.807) is 0 Å². The molecule has 1 N–H and O–H groups in total. The van der Waals surface area contributed by atoms with E-state index in [2.05, 4.69) is 74.6 Å². The third-order valence-electron chi connectivity index (χ3n) is 6.43. The van der Waals surface area contributed by atoms with Crippen LogP contribution in [-0.4, -0.2) is 12.4 Å². The fourth-order valence-electron chi connectivity index (χ4n) is 5.06. The molecule has 0 bridgehead atoms. The van der Waals surface area contributed by atoms with Crippen molar-refractivity contribution >= 4 is 27.8 Å². The van der Waals surface area contributed by atoms with E-state index < -0.39 is 0 Å². The smallest absolute Gasteiger partial charge is 0.162 e. The molecule has 1 aliphatic carbocycles. The van der Waals surface area contributed by atoms with Crippen LogP contribution in [0.3, 0.4) is 0 Å². The maximum absolute atomic E-state index is 13.5. The fraction of sp³-hybridized carbons (Fsp3) is 0.321. The minimum atomic E-state index is -0.132. The molecule has 1 aliphatic heterocycles. The van der Waals surface area contributed by atoms with Crippen LogP contribution in [0.4, 0.5) is 5.69 Å². The van der Waals surface area contributed by atoms with Crippen LogP contribution < -0.4 is 10.1 Å². The largest absolute Gasteiger partial charge is 0.494 e. The van der Waals surface area contributed by atoms with E-state index in [9.17, 15) is 4.79 Å². The quantitative estimate of drug-likeness (QED) is 0.505. The van der Waals surface area contributed by atoms with E-state index in [0.29, 0.717) is 13.0 Å². The van der Waals surface area contributed by atoms with Crippen LogP contribution in [0.25, 0.3) is 16.3 Å². The molecule has 0 amide bonds.